The molecule has 0 saturated carbocycles. The molecule has 0 radical (unpaired) electrons. The van der Waals surface area contributed by atoms with E-state index in [0.29, 0.717) is 27.0 Å². The highest BCUT2D eigenvalue weighted by Crippen LogP contribution is 2.32. The Hall–Kier alpha value is -1.88. The molecule has 27 heavy (non-hydrogen) atoms. The van der Waals surface area contributed by atoms with Gasteiger partial charge >= 0.3 is 0 Å². The van der Waals surface area contributed by atoms with Gasteiger partial charge in [-0.1, -0.05) is 73.5 Å². The topological polar surface area (TPSA) is 34.4 Å². The standard InChI is InChI=1S/C21H20Cl2N2OS/c1-5-12-25-18-16(11-10-15(22)17(18)23)27-20(25)24-19(26)13-6-8-14(9-7-13)21(2,3)4/h5-11H,1,12H2,2-4H3. The molecule has 0 unspecified atom stereocenters. The predicted octanol–water partition coefficient (Wildman–Crippen LogP) is 6.23. The molecule has 0 N–H and O–H groups in total. The third kappa shape index (κ3) is 4.03. The molecule has 0 aliphatic carbocycles. The minimum atomic E-state index is -0.290. The molecule has 6 heteroatoms. The second kappa shape index (κ2) is 7.63. The number of allylic oxidation sites excluding steroid dienone is 1. The van der Waals surface area contributed by atoms with E-state index in [-0.39, 0.29) is 11.3 Å². The predicted molar refractivity (Wildman–Crippen MR) is 115 cm³/mol. The first-order valence-electron chi connectivity index (χ1n) is 8.50. The summed E-state index contributed by atoms with van der Waals surface area (Å²) in [6, 6.07) is 11.2. The van der Waals surface area contributed by atoms with Crippen LogP contribution in [0.25, 0.3) is 10.2 Å². The fourth-order valence-corrected chi connectivity index (χ4v) is 4.27. The molecule has 3 aromatic rings. The number of thiazole rings is 1. The molecule has 140 valence electrons. The van der Waals surface area contributed by atoms with Gasteiger partial charge in [0.05, 0.1) is 20.3 Å². The van der Waals surface area contributed by atoms with E-state index in [1.165, 1.54) is 16.9 Å². The Balaban J connectivity index is 2.09. The fourth-order valence-electron chi connectivity index (χ4n) is 2.75. The smallest absolute Gasteiger partial charge is 0.279 e. The van der Waals surface area contributed by atoms with E-state index in [4.69, 9.17) is 23.2 Å². The third-order valence-corrected chi connectivity index (χ3v) is 6.08. The molecule has 0 saturated heterocycles. The maximum Gasteiger partial charge on any atom is 0.279 e. The van der Waals surface area contributed by atoms with Crippen molar-refractivity contribution in [1.29, 1.82) is 0 Å². The summed E-state index contributed by atoms with van der Waals surface area (Å²) in [6.07, 6.45) is 1.74. The molecule has 0 bridgehead atoms. The average Bonchev–Trinajstić information content (AvgIpc) is 2.96. The Morgan fingerprint density at radius 1 is 1.19 bits per heavy atom. The molecule has 0 atom stereocenters. The molecule has 3 nitrogen and oxygen atoms in total. The number of halogens is 2. The zero-order valence-electron chi connectivity index (χ0n) is 15.4. The first-order chi connectivity index (χ1) is 12.7. The summed E-state index contributed by atoms with van der Waals surface area (Å²) in [7, 11) is 0. The summed E-state index contributed by atoms with van der Waals surface area (Å²) in [5.41, 5.74) is 2.52. The van der Waals surface area contributed by atoms with E-state index in [1.54, 1.807) is 12.1 Å². The molecule has 1 aromatic heterocycles. The SMILES string of the molecule is C=CCn1c(=NC(=O)c2ccc(C(C)(C)C)cc2)sc2ccc(Cl)c(Cl)c21. The van der Waals surface area contributed by atoms with Gasteiger partial charge in [-0.05, 0) is 35.2 Å². The molecule has 0 fully saturated rings. The lowest BCUT2D eigenvalue weighted by Crippen LogP contribution is -2.16. The summed E-state index contributed by atoms with van der Waals surface area (Å²) in [5, 5.41) is 0.922. The monoisotopic (exact) mass is 418 g/mol. The second-order valence-corrected chi connectivity index (χ2v) is 9.03. The number of hydrogen-bond acceptors (Lipinski definition) is 2. The Morgan fingerprint density at radius 2 is 1.85 bits per heavy atom. The van der Waals surface area contributed by atoms with Crippen molar-refractivity contribution < 1.29 is 4.79 Å². The number of carbonyl (C=O) groups excluding carboxylic acids is 1. The number of carbonyl (C=O) groups is 1. The van der Waals surface area contributed by atoms with E-state index >= 15 is 0 Å². The van der Waals surface area contributed by atoms with E-state index in [1.807, 2.05) is 34.9 Å². The molecule has 1 heterocycles. The summed E-state index contributed by atoms with van der Waals surface area (Å²) in [5.74, 6) is -0.290. The van der Waals surface area contributed by atoms with Gasteiger partial charge in [-0.2, -0.15) is 4.99 Å². The van der Waals surface area contributed by atoms with Crippen molar-refractivity contribution in [3.8, 4) is 0 Å². The molecular formula is C21H20Cl2N2OS. The van der Waals surface area contributed by atoms with E-state index < -0.39 is 0 Å². The molecule has 3 rings (SSSR count). The van der Waals surface area contributed by atoms with Crippen LogP contribution < -0.4 is 4.80 Å². The van der Waals surface area contributed by atoms with Crippen molar-refractivity contribution in [2.24, 2.45) is 4.99 Å². The molecule has 0 spiro atoms. The Kier molecular flexibility index (Phi) is 5.61. The lowest BCUT2D eigenvalue weighted by molar-refractivity contribution is 0.0998. The maximum atomic E-state index is 12.7. The number of benzene rings is 2. The van der Waals surface area contributed by atoms with Crippen molar-refractivity contribution in [3.05, 3.63) is 75.0 Å². The van der Waals surface area contributed by atoms with Crippen molar-refractivity contribution >= 4 is 50.7 Å². The van der Waals surface area contributed by atoms with E-state index in [2.05, 4.69) is 32.3 Å². The lowest BCUT2D eigenvalue weighted by Gasteiger charge is -2.18. The first-order valence-corrected chi connectivity index (χ1v) is 10.1. The van der Waals surface area contributed by atoms with Crippen LogP contribution in [0.2, 0.25) is 10.0 Å². The highest BCUT2D eigenvalue weighted by Gasteiger charge is 2.15. The van der Waals surface area contributed by atoms with Gasteiger partial charge in [0.1, 0.15) is 0 Å². The first kappa shape index (κ1) is 19.9. The van der Waals surface area contributed by atoms with Gasteiger partial charge in [0.15, 0.2) is 4.80 Å². The highest BCUT2D eigenvalue weighted by molar-refractivity contribution is 7.16. The number of amides is 1. The summed E-state index contributed by atoms with van der Waals surface area (Å²) < 4.78 is 2.78. The van der Waals surface area contributed by atoms with Crippen LogP contribution in [-0.4, -0.2) is 10.5 Å². The lowest BCUT2D eigenvalue weighted by atomic mass is 9.87. The number of hydrogen-bond donors (Lipinski definition) is 0. The molecule has 1 amide bonds. The van der Waals surface area contributed by atoms with E-state index in [9.17, 15) is 4.79 Å². The van der Waals surface area contributed by atoms with Crippen molar-refractivity contribution in [2.45, 2.75) is 32.7 Å². The van der Waals surface area contributed by atoms with Gasteiger partial charge < -0.3 is 4.57 Å². The van der Waals surface area contributed by atoms with Gasteiger partial charge in [0, 0.05) is 12.1 Å². The summed E-state index contributed by atoms with van der Waals surface area (Å²) in [6.45, 7) is 10.7. The van der Waals surface area contributed by atoms with Gasteiger partial charge in [0.2, 0.25) is 0 Å². The zero-order chi connectivity index (χ0) is 19.8. The second-order valence-electron chi connectivity index (χ2n) is 7.24. The number of aromatic nitrogens is 1. The van der Waals surface area contributed by atoms with Gasteiger partial charge in [-0.25, -0.2) is 0 Å². The van der Waals surface area contributed by atoms with Gasteiger partial charge in [0.25, 0.3) is 5.91 Å². The minimum absolute atomic E-state index is 0.0349. The Labute approximate surface area is 172 Å². The normalized spacial score (nSPS) is 12.6. The fraction of sp³-hybridized carbons (Fsp3) is 0.238. The van der Waals surface area contributed by atoms with Gasteiger partial charge in [-0.15, -0.1) is 6.58 Å². The average molecular weight is 419 g/mol. The quantitative estimate of drug-likeness (QED) is 0.463. The Morgan fingerprint density at radius 3 is 2.44 bits per heavy atom. The van der Waals surface area contributed by atoms with Crippen LogP contribution in [0, 0.1) is 0 Å². The summed E-state index contributed by atoms with van der Waals surface area (Å²) >= 11 is 13.9. The zero-order valence-corrected chi connectivity index (χ0v) is 17.8. The van der Waals surface area contributed by atoms with Crippen molar-refractivity contribution in [2.75, 3.05) is 0 Å². The number of fused-ring (bicyclic) bond motifs is 1. The van der Waals surface area contributed by atoms with Crippen molar-refractivity contribution in [1.82, 2.24) is 4.57 Å². The third-order valence-electron chi connectivity index (χ3n) is 4.24. The maximum absolute atomic E-state index is 12.7. The van der Waals surface area contributed by atoms with Crippen LogP contribution in [0.4, 0.5) is 0 Å². The van der Waals surface area contributed by atoms with Crippen LogP contribution >= 0.6 is 34.5 Å². The van der Waals surface area contributed by atoms with Crippen LogP contribution in [0.3, 0.4) is 0 Å². The van der Waals surface area contributed by atoms with Gasteiger partial charge in [-0.3, -0.25) is 4.79 Å². The largest absolute Gasteiger partial charge is 0.311 e. The van der Waals surface area contributed by atoms with Crippen LogP contribution in [0.5, 0.6) is 0 Å². The Bertz CT molecular complexity index is 1090. The summed E-state index contributed by atoms with van der Waals surface area (Å²) in [4.78, 5) is 17.6. The van der Waals surface area contributed by atoms with Crippen LogP contribution in [-0.2, 0) is 12.0 Å². The van der Waals surface area contributed by atoms with Crippen molar-refractivity contribution in [3.63, 3.8) is 0 Å². The number of nitrogens with zero attached hydrogens (tertiary/aromatic N) is 2. The van der Waals surface area contributed by atoms with Crippen LogP contribution in [0.15, 0.2) is 54.0 Å². The number of rotatable bonds is 3. The molecular weight excluding hydrogens is 399 g/mol. The minimum Gasteiger partial charge on any atom is -0.311 e. The molecule has 0 aliphatic heterocycles. The molecule has 2 aromatic carbocycles. The molecule has 0 aliphatic rings. The van der Waals surface area contributed by atoms with E-state index in [0.717, 1.165) is 10.2 Å². The van der Waals surface area contributed by atoms with Crippen LogP contribution in [0.1, 0.15) is 36.7 Å². The highest BCUT2D eigenvalue weighted by atomic mass is 35.5.